The summed E-state index contributed by atoms with van der Waals surface area (Å²) < 4.78 is 150. The van der Waals surface area contributed by atoms with E-state index in [0.717, 1.165) is 57.1 Å². The Hall–Kier alpha value is -4.78. The lowest BCUT2D eigenvalue weighted by molar-refractivity contribution is -0.382. The van der Waals surface area contributed by atoms with Crippen LogP contribution in [0.3, 0.4) is 0 Å². The molecule has 48 heavy (non-hydrogen) atoms. The average Bonchev–Trinajstić information content (AvgIpc) is 3.51. The number of hydrogen-bond donors (Lipinski definition) is 0. The van der Waals surface area contributed by atoms with Gasteiger partial charge in [-0.3, -0.25) is 0 Å². The van der Waals surface area contributed by atoms with Gasteiger partial charge in [-0.2, -0.15) is 47.9 Å². The molecular weight excluding hydrogens is 671 g/mol. The van der Waals surface area contributed by atoms with Crippen molar-refractivity contribution >= 4 is 10.1 Å². The largest absolute Gasteiger partial charge is 0.460 e. The molecule has 0 bridgehead atoms. The van der Waals surface area contributed by atoms with Gasteiger partial charge in [0.05, 0.1) is 5.41 Å². The summed E-state index contributed by atoms with van der Waals surface area (Å²) in [6, 6.07) is 32.9. The van der Waals surface area contributed by atoms with E-state index in [1.165, 1.54) is 6.07 Å². The molecule has 2 aliphatic rings. The van der Waals surface area contributed by atoms with Crippen molar-refractivity contribution in [1.82, 2.24) is 0 Å². The van der Waals surface area contributed by atoms with Crippen molar-refractivity contribution in [1.29, 1.82) is 0 Å². The molecule has 0 N–H and O–H groups in total. The van der Waals surface area contributed by atoms with Crippen molar-refractivity contribution in [2.24, 2.45) is 0 Å². The summed E-state index contributed by atoms with van der Waals surface area (Å²) in [5, 5.41) is -6.99. The number of fused-ring (bicyclic) bond motifs is 10. The maximum Gasteiger partial charge on any atom is 0.460 e. The quantitative estimate of drug-likeness (QED) is 0.129. The van der Waals surface area contributed by atoms with Gasteiger partial charge >= 0.3 is 33.4 Å². The van der Waals surface area contributed by atoms with Gasteiger partial charge in [-0.25, -0.2) is 0 Å². The van der Waals surface area contributed by atoms with Crippen LogP contribution in [-0.4, -0.2) is 31.7 Å². The first kappa shape index (κ1) is 31.8. The third-order valence-corrected chi connectivity index (χ3v) is 10.1. The molecule has 0 aliphatic heterocycles. The molecule has 5 aromatic carbocycles. The van der Waals surface area contributed by atoms with E-state index in [2.05, 4.69) is 4.18 Å². The molecule has 0 saturated heterocycles. The second kappa shape index (κ2) is 10.1. The first-order chi connectivity index (χ1) is 22.5. The number of halogens is 9. The molecule has 0 unspecified atom stereocenters. The Kier molecular flexibility index (Phi) is 6.70. The predicted molar refractivity (Wildman–Crippen MR) is 159 cm³/mol. The fraction of sp³-hybridized carbons (Fsp3) is 0.143. The minimum absolute atomic E-state index is 0.154. The molecule has 0 radical (unpaired) electrons. The lowest BCUT2D eigenvalue weighted by atomic mass is 9.70. The molecule has 3 nitrogen and oxygen atoms in total. The van der Waals surface area contributed by atoms with Gasteiger partial charge in [0.15, 0.2) is 0 Å². The molecule has 0 saturated carbocycles. The van der Waals surface area contributed by atoms with Crippen LogP contribution in [0.4, 0.5) is 39.5 Å². The lowest BCUT2D eigenvalue weighted by Crippen LogP contribution is -2.63. The van der Waals surface area contributed by atoms with E-state index in [1.54, 1.807) is 12.1 Å². The van der Waals surface area contributed by atoms with E-state index in [1.807, 2.05) is 78.9 Å². The molecule has 1 spiro atoms. The van der Waals surface area contributed by atoms with Crippen molar-refractivity contribution in [3.63, 3.8) is 0 Å². The van der Waals surface area contributed by atoms with Gasteiger partial charge < -0.3 is 4.18 Å². The average molecular weight is 691 g/mol. The fourth-order valence-corrected chi connectivity index (χ4v) is 7.70. The topological polar surface area (TPSA) is 43.4 Å². The summed E-state index contributed by atoms with van der Waals surface area (Å²) in [6.07, 6.45) is -7.20. The van der Waals surface area contributed by atoms with Gasteiger partial charge in [-0.1, -0.05) is 103 Å². The number of hydrogen-bond acceptors (Lipinski definition) is 3. The zero-order valence-electron chi connectivity index (χ0n) is 24.0. The molecule has 7 rings (SSSR count). The van der Waals surface area contributed by atoms with Crippen LogP contribution >= 0.6 is 0 Å². The summed E-state index contributed by atoms with van der Waals surface area (Å²) in [7, 11) is -7.12. The molecule has 246 valence electrons. The van der Waals surface area contributed by atoms with E-state index in [9.17, 15) is 47.9 Å². The van der Waals surface area contributed by atoms with Crippen LogP contribution in [0.15, 0.2) is 115 Å². The van der Waals surface area contributed by atoms with Crippen molar-refractivity contribution in [3.05, 3.63) is 138 Å². The second-order valence-corrected chi connectivity index (χ2v) is 12.9. The zero-order chi connectivity index (χ0) is 34.5. The number of benzene rings is 5. The first-order valence-corrected chi connectivity index (χ1v) is 15.6. The highest BCUT2D eigenvalue weighted by atomic mass is 32.2. The van der Waals surface area contributed by atoms with E-state index in [-0.39, 0.29) is 5.56 Å². The normalized spacial score (nSPS) is 15.1. The lowest BCUT2D eigenvalue weighted by Gasteiger charge is -2.32. The minimum Gasteiger partial charge on any atom is -0.378 e. The van der Waals surface area contributed by atoms with Crippen LogP contribution in [0.2, 0.25) is 0 Å². The molecule has 5 aromatic rings. The monoisotopic (exact) mass is 690 g/mol. The van der Waals surface area contributed by atoms with E-state index < -0.39 is 44.6 Å². The Balaban J connectivity index is 1.37. The van der Waals surface area contributed by atoms with Crippen LogP contribution in [-0.2, 0) is 15.5 Å². The molecule has 0 amide bonds. The van der Waals surface area contributed by atoms with Crippen LogP contribution in [0, 0.1) is 0 Å². The maximum atomic E-state index is 14.4. The zero-order valence-corrected chi connectivity index (χ0v) is 24.8. The third kappa shape index (κ3) is 3.99. The van der Waals surface area contributed by atoms with Gasteiger partial charge in [0, 0.05) is 0 Å². The van der Waals surface area contributed by atoms with Crippen molar-refractivity contribution in [2.45, 2.75) is 28.7 Å². The maximum absolute atomic E-state index is 14.4. The van der Waals surface area contributed by atoms with Crippen molar-refractivity contribution in [3.8, 4) is 39.1 Å². The first-order valence-electron chi connectivity index (χ1n) is 14.2. The Morgan fingerprint density at radius 3 is 1.52 bits per heavy atom. The van der Waals surface area contributed by atoms with Gasteiger partial charge in [-0.15, -0.1) is 0 Å². The minimum atomic E-state index is -7.42. The van der Waals surface area contributed by atoms with E-state index in [4.69, 9.17) is 0 Å². The van der Waals surface area contributed by atoms with Gasteiger partial charge in [0.1, 0.15) is 5.75 Å². The Labute approximate surface area is 267 Å². The smallest absolute Gasteiger partial charge is 0.378 e. The van der Waals surface area contributed by atoms with Gasteiger partial charge in [0.25, 0.3) is 0 Å². The van der Waals surface area contributed by atoms with E-state index >= 15 is 0 Å². The molecule has 13 heteroatoms. The molecule has 0 atom stereocenters. The van der Waals surface area contributed by atoms with E-state index in [0.29, 0.717) is 11.1 Å². The standard InChI is InChI=1S/C35H19F9O3S/c36-32(37,34(40,41)42)33(38,39)35(43,44)48(45,46)47-21-10-7-9-20(19-21)22-14-8-18-29-30(22)25-13-3-6-17-28(25)31(29)26-15-4-1-11-23(26)24-12-2-5-16-27(24)31/h1-19H. The van der Waals surface area contributed by atoms with Crippen LogP contribution in [0.1, 0.15) is 22.3 Å². The molecule has 0 heterocycles. The number of alkyl halides is 9. The summed E-state index contributed by atoms with van der Waals surface area (Å²) in [5.74, 6) is -15.8. The Bertz CT molecular complexity index is 2180. The highest BCUT2D eigenvalue weighted by Gasteiger charge is 2.86. The van der Waals surface area contributed by atoms with Crippen LogP contribution in [0.25, 0.3) is 33.4 Å². The van der Waals surface area contributed by atoms with Crippen LogP contribution in [0.5, 0.6) is 5.75 Å². The van der Waals surface area contributed by atoms with Gasteiger partial charge in [0.2, 0.25) is 0 Å². The molecular formula is C35H19F9O3S. The molecule has 0 fully saturated rings. The SMILES string of the molecule is O=S(=O)(Oc1cccc(-c2cccc3c2-c2ccccc2C32c3ccccc3-c3ccccc32)c1)C(F)(F)C(F)(F)C(F)(F)C(F)(F)F. The highest BCUT2D eigenvalue weighted by molar-refractivity contribution is 7.88. The second-order valence-electron chi connectivity index (χ2n) is 11.3. The summed E-state index contributed by atoms with van der Waals surface area (Å²) in [4.78, 5) is 0. The summed E-state index contributed by atoms with van der Waals surface area (Å²) in [5.41, 5.74) is 7.05. The molecule has 0 aromatic heterocycles. The highest BCUT2D eigenvalue weighted by Crippen LogP contribution is 2.64. The molecule has 2 aliphatic carbocycles. The van der Waals surface area contributed by atoms with Gasteiger partial charge in [-0.05, 0) is 67.8 Å². The number of rotatable bonds is 6. The Morgan fingerprint density at radius 2 is 0.958 bits per heavy atom. The predicted octanol–water partition coefficient (Wildman–Crippen LogP) is 9.83. The fourth-order valence-electron chi connectivity index (χ4n) is 6.80. The summed E-state index contributed by atoms with van der Waals surface area (Å²) in [6.45, 7) is 0. The Morgan fingerprint density at radius 1 is 0.500 bits per heavy atom. The third-order valence-electron chi connectivity index (χ3n) is 8.80. The van der Waals surface area contributed by atoms with Crippen LogP contribution < -0.4 is 4.18 Å². The van der Waals surface area contributed by atoms with Crippen molar-refractivity contribution in [2.75, 3.05) is 0 Å². The van der Waals surface area contributed by atoms with Crippen molar-refractivity contribution < 1.29 is 52.1 Å². The summed E-state index contributed by atoms with van der Waals surface area (Å²) >= 11 is 0.